The van der Waals surface area contributed by atoms with Gasteiger partial charge in [-0.1, -0.05) is 12.2 Å². The molecule has 1 aromatic rings. The van der Waals surface area contributed by atoms with Gasteiger partial charge in [-0.3, -0.25) is 0 Å². The van der Waals surface area contributed by atoms with Crippen molar-refractivity contribution in [2.75, 3.05) is 31.7 Å². The number of hydrogen-bond donors (Lipinski definition) is 1. The molecular weight excluding hydrogens is 324 g/mol. The third-order valence-corrected chi connectivity index (χ3v) is 4.16. The first-order chi connectivity index (χ1) is 9.08. The average Bonchev–Trinajstić information content (AvgIpc) is 3.17. The summed E-state index contributed by atoms with van der Waals surface area (Å²) in [7, 11) is 2.06. The first-order valence-corrected chi connectivity index (χ1v) is 7.66. The first kappa shape index (κ1) is 14.8. The van der Waals surface area contributed by atoms with Crippen molar-refractivity contribution in [1.29, 1.82) is 0 Å². The van der Waals surface area contributed by atoms with E-state index in [9.17, 15) is 0 Å². The van der Waals surface area contributed by atoms with Crippen LogP contribution in [0.1, 0.15) is 18.4 Å². The topological polar surface area (TPSA) is 38.5 Å². The number of nitrogens with two attached hydrogens (primary N) is 1. The van der Waals surface area contributed by atoms with Gasteiger partial charge >= 0.3 is 0 Å². The van der Waals surface area contributed by atoms with Crippen molar-refractivity contribution >= 4 is 38.8 Å². The molecule has 2 N–H and O–H groups in total. The van der Waals surface area contributed by atoms with E-state index >= 15 is 0 Å². The van der Waals surface area contributed by atoms with E-state index in [4.69, 9.17) is 22.7 Å². The van der Waals surface area contributed by atoms with E-state index < -0.39 is 0 Å². The smallest absolute Gasteiger partial charge is 0.105 e. The van der Waals surface area contributed by atoms with Crippen LogP contribution in [0.25, 0.3) is 0 Å². The Balaban J connectivity index is 1.85. The lowest BCUT2D eigenvalue weighted by molar-refractivity contribution is 0.131. The van der Waals surface area contributed by atoms with E-state index in [0.29, 0.717) is 4.99 Å². The Morgan fingerprint density at radius 2 is 2.26 bits per heavy atom. The van der Waals surface area contributed by atoms with Gasteiger partial charge in [0.25, 0.3) is 0 Å². The number of anilines is 1. The molecule has 0 aliphatic heterocycles. The fourth-order valence-electron chi connectivity index (χ4n) is 1.81. The highest BCUT2D eigenvalue weighted by molar-refractivity contribution is 9.10. The molecule has 19 heavy (non-hydrogen) atoms. The number of likely N-dealkylation sites (N-methyl/N-ethyl adjacent to an activating group) is 1. The zero-order chi connectivity index (χ0) is 13.8. The van der Waals surface area contributed by atoms with Crippen molar-refractivity contribution in [2.24, 2.45) is 11.7 Å². The molecule has 1 aliphatic carbocycles. The third-order valence-electron chi connectivity index (χ3n) is 3.28. The Morgan fingerprint density at radius 3 is 2.84 bits per heavy atom. The number of ether oxygens (including phenoxy) is 1. The lowest BCUT2D eigenvalue weighted by Crippen LogP contribution is -2.23. The summed E-state index contributed by atoms with van der Waals surface area (Å²) in [4.78, 5) is 2.58. The van der Waals surface area contributed by atoms with Gasteiger partial charge in [-0.25, -0.2) is 0 Å². The van der Waals surface area contributed by atoms with Gasteiger partial charge < -0.3 is 15.4 Å². The Labute approximate surface area is 128 Å². The van der Waals surface area contributed by atoms with E-state index in [-0.39, 0.29) is 0 Å². The van der Waals surface area contributed by atoms with Crippen LogP contribution in [0.4, 0.5) is 5.69 Å². The maximum Gasteiger partial charge on any atom is 0.105 e. The van der Waals surface area contributed by atoms with Crippen molar-refractivity contribution in [2.45, 2.75) is 12.8 Å². The maximum atomic E-state index is 5.65. The molecule has 1 fully saturated rings. The molecule has 0 amide bonds. The number of thiocarbonyl (C=S) groups is 1. The molecule has 1 aromatic carbocycles. The van der Waals surface area contributed by atoms with Gasteiger partial charge in [0, 0.05) is 35.9 Å². The minimum absolute atomic E-state index is 0.411. The standard InChI is InChI=1S/C14H19BrN2OS/c1-17(6-7-18-9-10-2-3-10)11-4-5-12(14(16)19)13(15)8-11/h4-5,8,10H,2-3,6-7,9H2,1H3,(H2,16,19). The van der Waals surface area contributed by atoms with Gasteiger partial charge in [-0.05, 0) is 52.9 Å². The molecular formula is C14H19BrN2OS. The molecule has 1 aliphatic rings. The second kappa shape index (κ2) is 6.68. The maximum absolute atomic E-state index is 5.65. The fourth-order valence-corrected chi connectivity index (χ4v) is 2.70. The van der Waals surface area contributed by atoms with Crippen molar-refractivity contribution in [3.8, 4) is 0 Å². The molecule has 104 valence electrons. The molecule has 0 atom stereocenters. The van der Waals surface area contributed by atoms with Gasteiger partial charge in [-0.15, -0.1) is 0 Å². The minimum atomic E-state index is 0.411. The molecule has 0 saturated heterocycles. The molecule has 0 aromatic heterocycles. The summed E-state index contributed by atoms with van der Waals surface area (Å²) in [6, 6.07) is 6.01. The predicted octanol–water partition coefficient (Wildman–Crippen LogP) is 2.95. The van der Waals surface area contributed by atoms with Crippen LogP contribution in [0.15, 0.2) is 22.7 Å². The summed E-state index contributed by atoms with van der Waals surface area (Å²) in [5.74, 6) is 0.823. The number of hydrogen-bond acceptors (Lipinski definition) is 3. The second-order valence-electron chi connectivity index (χ2n) is 4.97. The summed E-state index contributed by atoms with van der Waals surface area (Å²) < 4.78 is 6.58. The van der Waals surface area contributed by atoms with Crippen LogP contribution in [-0.4, -0.2) is 31.8 Å². The van der Waals surface area contributed by atoms with Gasteiger partial charge in [0.2, 0.25) is 0 Å². The Kier molecular flexibility index (Phi) is 5.19. The Morgan fingerprint density at radius 1 is 1.53 bits per heavy atom. The fraction of sp³-hybridized carbons (Fsp3) is 0.500. The number of halogens is 1. The normalized spacial score (nSPS) is 14.4. The molecule has 0 bridgehead atoms. The molecule has 1 saturated carbocycles. The van der Waals surface area contributed by atoms with Crippen LogP contribution >= 0.6 is 28.1 Å². The van der Waals surface area contributed by atoms with E-state index in [0.717, 1.165) is 41.4 Å². The third kappa shape index (κ3) is 4.44. The van der Waals surface area contributed by atoms with Gasteiger partial charge in [0.1, 0.15) is 4.99 Å². The summed E-state index contributed by atoms with van der Waals surface area (Å²) in [6.45, 7) is 2.56. The quantitative estimate of drug-likeness (QED) is 0.610. The van der Waals surface area contributed by atoms with Crippen LogP contribution in [0, 0.1) is 5.92 Å². The zero-order valence-electron chi connectivity index (χ0n) is 11.1. The van der Waals surface area contributed by atoms with Crippen molar-refractivity contribution < 1.29 is 4.74 Å². The highest BCUT2D eigenvalue weighted by Gasteiger charge is 2.20. The molecule has 0 unspecified atom stereocenters. The van der Waals surface area contributed by atoms with Gasteiger partial charge in [0.15, 0.2) is 0 Å². The second-order valence-corrected chi connectivity index (χ2v) is 6.26. The van der Waals surface area contributed by atoms with Crippen molar-refractivity contribution in [3.63, 3.8) is 0 Å². The highest BCUT2D eigenvalue weighted by atomic mass is 79.9. The molecule has 2 rings (SSSR count). The van der Waals surface area contributed by atoms with E-state index in [1.165, 1.54) is 12.8 Å². The minimum Gasteiger partial charge on any atom is -0.389 e. The lowest BCUT2D eigenvalue weighted by atomic mass is 10.2. The molecule has 0 radical (unpaired) electrons. The SMILES string of the molecule is CN(CCOCC1CC1)c1ccc(C(N)=S)c(Br)c1. The number of nitrogens with zero attached hydrogens (tertiary/aromatic N) is 1. The van der Waals surface area contributed by atoms with Gasteiger partial charge in [0.05, 0.1) is 6.61 Å². The summed E-state index contributed by atoms with van der Waals surface area (Å²) in [5.41, 5.74) is 7.64. The van der Waals surface area contributed by atoms with Crippen LogP contribution in [-0.2, 0) is 4.74 Å². The summed E-state index contributed by atoms with van der Waals surface area (Å²) in [5, 5.41) is 0. The largest absolute Gasteiger partial charge is 0.389 e. The van der Waals surface area contributed by atoms with Crippen molar-refractivity contribution in [3.05, 3.63) is 28.2 Å². The molecule has 3 nitrogen and oxygen atoms in total. The van der Waals surface area contributed by atoms with E-state index in [2.05, 4.69) is 27.9 Å². The van der Waals surface area contributed by atoms with Crippen molar-refractivity contribution in [1.82, 2.24) is 0 Å². The Bertz CT molecular complexity index is 463. The molecule has 0 heterocycles. The lowest BCUT2D eigenvalue weighted by Gasteiger charge is -2.20. The van der Waals surface area contributed by atoms with Crippen LogP contribution in [0.3, 0.4) is 0 Å². The first-order valence-electron chi connectivity index (χ1n) is 6.46. The van der Waals surface area contributed by atoms with Crippen LogP contribution in [0.5, 0.6) is 0 Å². The summed E-state index contributed by atoms with van der Waals surface area (Å²) in [6.07, 6.45) is 2.67. The molecule has 5 heteroatoms. The van der Waals surface area contributed by atoms with E-state index in [1.807, 2.05) is 18.2 Å². The van der Waals surface area contributed by atoms with Crippen LogP contribution in [0.2, 0.25) is 0 Å². The molecule has 0 spiro atoms. The number of rotatable bonds is 7. The van der Waals surface area contributed by atoms with Crippen LogP contribution < -0.4 is 10.6 Å². The van der Waals surface area contributed by atoms with E-state index in [1.54, 1.807) is 0 Å². The average molecular weight is 343 g/mol. The Hall–Kier alpha value is -0.650. The monoisotopic (exact) mass is 342 g/mol. The highest BCUT2D eigenvalue weighted by Crippen LogP contribution is 2.28. The summed E-state index contributed by atoms with van der Waals surface area (Å²) >= 11 is 8.49. The van der Waals surface area contributed by atoms with Gasteiger partial charge in [-0.2, -0.15) is 0 Å². The predicted molar refractivity (Wildman–Crippen MR) is 86.8 cm³/mol. The zero-order valence-corrected chi connectivity index (χ0v) is 13.5. The number of benzene rings is 1.